The van der Waals surface area contributed by atoms with E-state index in [0.717, 1.165) is 12.0 Å². The summed E-state index contributed by atoms with van der Waals surface area (Å²) in [4.78, 5) is 12.6. The van der Waals surface area contributed by atoms with Crippen LogP contribution in [-0.2, 0) is 26.2 Å². The first kappa shape index (κ1) is 22.1. The lowest BCUT2D eigenvalue weighted by atomic mass is 9.98. The van der Waals surface area contributed by atoms with Crippen molar-refractivity contribution in [1.82, 2.24) is 4.31 Å². The molecule has 2 heterocycles. The van der Waals surface area contributed by atoms with Crippen LogP contribution in [0.4, 0.5) is 0 Å². The molecule has 0 aromatic heterocycles. The van der Waals surface area contributed by atoms with Gasteiger partial charge in [-0.05, 0) is 42.7 Å². The van der Waals surface area contributed by atoms with Gasteiger partial charge in [0, 0.05) is 25.6 Å². The number of esters is 1. The minimum Gasteiger partial charge on any atom is -0.490 e. The third-order valence-corrected chi connectivity index (χ3v) is 7.48. The number of nitriles is 1. The van der Waals surface area contributed by atoms with Gasteiger partial charge in [0.25, 0.3) is 0 Å². The Morgan fingerprint density at radius 1 is 1.09 bits per heavy atom. The summed E-state index contributed by atoms with van der Waals surface area (Å²) in [6.07, 6.45) is 1.52. The van der Waals surface area contributed by atoms with Gasteiger partial charge in [0.1, 0.15) is 6.61 Å². The molecule has 0 N–H and O–H groups in total. The number of hydrogen-bond donors (Lipinski definition) is 0. The summed E-state index contributed by atoms with van der Waals surface area (Å²) in [7, 11) is -3.70. The number of sulfonamides is 1. The zero-order chi connectivity index (χ0) is 22.6. The van der Waals surface area contributed by atoms with Gasteiger partial charge in [-0.15, -0.1) is 0 Å². The molecule has 8 nitrogen and oxygen atoms in total. The summed E-state index contributed by atoms with van der Waals surface area (Å²) < 4.78 is 44.2. The molecule has 0 spiro atoms. The van der Waals surface area contributed by atoms with E-state index in [1.807, 2.05) is 0 Å². The molecule has 2 aliphatic heterocycles. The average Bonchev–Trinajstić information content (AvgIpc) is 3.07. The standard InChI is InChI=1S/C23H24N2O6S/c24-15-17-3-1-4-18(13-17)16-31-23(26)19-7-9-25(10-8-19)32(27,28)20-5-6-21-22(14-20)30-12-2-11-29-21/h1,3-6,13-14,19H,2,7-12,16H2. The van der Waals surface area contributed by atoms with Crippen LogP contribution in [0.1, 0.15) is 30.4 Å². The Morgan fingerprint density at radius 2 is 1.84 bits per heavy atom. The van der Waals surface area contributed by atoms with E-state index in [2.05, 4.69) is 6.07 Å². The lowest BCUT2D eigenvalue weighted by Gasteiger charge is -2.30. The highest BCUT2D eigenvalue weighted by atomic mass is 32.2. The highest BCUT2D eigenvalue weighted by molar-refractivity contribution is 7.89. The molecule has 0 amide bonds. The summed E-state index contributed by atoms with van der Waals surface area (Å²) in [5.74, 6) is 0.273. The van der Waals surface area contributed by atoms with Crippen molar-refractivity contribution < 1.29 is 27.4 Å². The molecule has 168 valence electrons. The third kappa shape index (κ3) is 4.87. The summed E-state index contributed by atoms with van der Waals surface area (Å²) in [6, 6.07) is 13.6. The maximum Gasteiger partial charge on any atom is 0.309 e. The molecule has 1 fully saturated rings. The van der Waals surface area contributed by atoms with Crippen molar-refractivity contribution in [2.45, 2.75) is 30.8 Å². The van der Waals surface area contributed by atoms with Crippen molar-refractivity contribution in [2.75, 3.05) is 26.3 Å². The average molecular weight is 457 g/mol. The Hall–Kier alpha value is -3.09. The molecule has 1 saturated heterocycles. The number of benzene rings is 2. The molecule has 2 aromatic rings. The molecular weight excluding hydrogens is 432 g/mol. The fourth-order valence-corrected chi connectivity index (χ4v) is 5.27. The van der Waals surface area contributed by atoms with E-state index >= 15 is 0 Å². The zero-order valence-corrected chi connectivity index (χ0v) is 18.3. The van der Waals surface area contributed by atoms with Crippen molar-refractivity contribution in [3.8, 4) is 17.6 Å². The maximum absolute atomic E-state index is 13.1. The van der Waals surface area contributed by atoms with Crippen LogP contribution in [0.3, 0.4) is 0 Å². The van der Waals surface area contributed by atoms with Gasteiger partial charge in [-0.3, -0.25) is 4.79 Å². The molecule has 0 aliphatic carbocycles. The monoisotopic (exact) mass is 456 g/mol. The maximum atomic E-state index is 13.1. The van der Waals surface area contributed by atoms with Crippen LogP contribution in [0.15, 0.2) is 47.4 Å². The number of fused-ring (bicyclic) bond motifs is 1. The fraction of sp³-hybridized carbons (Fsp3) is 0.391. The largest absolute Gasteiger partial charge is 0.490 e. The van der Waals surface area contributed by atoms with Crippen LogP contribution in [-0.4, -0.2) is 45.0 Å². The van der Waals surface area contributed by atoms with E-state index in [9.17, 15) is 13.2 Å². The van der Waals surface area contributed by atoms with Crippen LogP contribution in [0.5, 0.6) is 11.5 Å². The van der Waals surface area contributed by atoms with Crippen LogP contribution in [0.25, 0.3) is 0 Å². The van der Waals surface area contributed by atoms with Crippen molar-refractivity contribution in [1.29, 1.82) is 5.26 Å². The second kappa shape index (κ2) is 9.59. The predicted molar refractivity (Wildman–Crippen MR) is 114 cm³/mol. The summed E-state index contributed by atoms with van der Waals surface area (Å²) in [6.45, 7) is 1.57. The molecule has 0 bridgehead atoms. The predicted octanol–water partition coefficient (Wildman–Crippen LogP) is 2.86. The number of carbonyl (C=O) groups is 1. The lowest BCUT2D eigenvalue weighted by molar-refractivity contribution is -0.151. The molecule has 0 unspecified atom stereocenters. The molecule has 32 heavy (non-hydrogen) atoms. The number of rotatable bonds is 5. The molecule has 0 radical (unpaired) electrons. The summed E-state index contributed by atoms with van der Waals surface area (Å²) in [5, 5.41) is 8.96. The van der Waals surface area contributed by atoms with E-state index in [1.54, 1.807) is 30.3 Å². The number of piperidine rings is 1. The third-order valence-electron chi connectivity index (χ3n) is 5.58. The molecule has 2 aliphatic rings. The number of hydrogen-bond acceptors (Lipinski definition) is 7. The summed E-state index contributed by atoms with van der Waals surface area (Å²) >= 11 is 0. The van der Waals surface area contributed by atoms with Gasteiger partial charge in [0.15, 0.2) is 11.5 Å². The number of nitrogens with zero attached hydrogens (tertiary/aromatic N) is 2. The van der Waals surface area contributed by atoms with Gasteiger partial charge in [-0.25, -0.2) is 8.42 Å². The van der Waals surface area contributed by atoms with Gasteiger partial charge in [-0.2, -0.15) is 9.57 Å². The van der Waals surface area contributed by atoms with Gasteiger partial charge in [-0.1, -0.05) is 12.1 Å². The Labute approximate surface area is 187 Å². The Bertz CT molecular complexity index is 1130. The first-order valence-corrected chi connectivity index (χ1v) is 12.0. The molecule has 2 aromatic carbocycles. The Kier molecular flexibility index (Phi) is 6.63. The van der Waals surface area contributed by atoms with E-state index in [0.29, 0.717) is 43.1 Å². The second-order valence-electron chi connectivity index (χ2n) is 7.76. The van der Waals surface area contributed by atoms with Crippen molar-refractivity contribution >= 4 is 16.0 Å². The molecular formula is C23H24N2O6S. The van der Waals surface area contributed by atoms with Crippen molar-refractivity contribution in [3.05, 3.63) is 53.6 Å². The van der Waals surface area contributed by atoms with Crippen molar-refractivity contribution in [2.24, 2.45) is 5.92 Å². The normalized spacial score (nSPS) is 17.2. The van der Waals surface area contributed by atoms with Gasteiger partial charge in [0.05, 0.1) is 35.7 Å². The molecule has 0 atom stereocenters. The first-order chi connectivity index (χ1) is 15.5. The van der Waals surface area contributed by atoms with Gasteiger partial charge >= 0.3 is 5.97 Å². The lowest BCUT2D eigenvalue weighted by Crippen LogP contribution is -2.40. The van der Waals surface area contributed by atoms with Crippen LogP contribution >= 0.6 is 0 Å². The van der Waals surface area contributed by atoms with Gasteiger partial charge in [0.2, 0.25) is 10.0 Å². The second-order valence-corrected chi connectivity index (χ2v) is 9.70. The van der Waals surface area contributed by atoms with Crippen LogP contribution in [0, 0.1) is 17.2 Å². The minimum atomic E-state index is -3.70. The van der Waals surface area contributed by atoms with E-state index < -0.39 is 10.0 Å². The quantitative estimate of drug-likeness (QED) is 0.637. The minimum absolute atomic E-state index is 0.0874. The smallest absolute Gasteiger partial charge is 0.309 e. The SMILES string of the molecule is N#Cc1cccc(COC(=O)C2CCN(S(=O)(=O)c3ccc4c(c3)OCCCO4)CC2)c1. The topological polar surface area (TPSA) is 106 Å². The van der Waals surface area contributed by atoms with Crippen LogP contribution in [0.2, 0.25) is 0 Å². The first-order valence-electron chi connectivity index (χ1n) is 10.5. The van der Waals surface area contributed by atoms with Crippen molar-refractivity contribution in [3.63, 3.8) is 0 Å². The Morgan fingerprint density at radius 3 is 2.59 bits per heavy atom. The van der Waals surface area contributed by atoms with Crippen LogP contribution < -0.4 is 9.47 Å². The molecule has 4 rings (SSSR count). The highest BCUT2D eigenvalue weighted by Crippen LogP contribution is 2.34. The van der Waals surface area contributed by atoms with Gasteiger partial charge < -0.3 is 14.2 Å². The van der Waals surface area contributed by atoms with E-state index in [1.165, 1.54) is 16.4 Å². The summed E-state index contributed by atoms with van der Waals surface area (Å²) in [5.41, 5.74) is 1.25. The van der Waals surface area contributed by atoms with E-state index in [4.69, 9.17) is 19.5 Å². The molecule has 9 heteroatoms. The number of ether oxygens (including phenoxy) is 3. The zero-order valence-electron chi connectivity index (χ0n) is 17.5. The Balaban J connectivity index is 1.35. The molecule has 0 saturated carbocycles. The fourth-order valence-electron chi connectivity index (χ4n) is 3.79. The highest BCUT2D eigenvalue weighted by Gasteiger charge is 2.33. The van der Waals surface area contributed by atoms with E-state index in [-0.39, 0.29) is 36.5 Å². The number of carbonyl (C=O) groups excluding carboxylic acids is 1.